The van der Waals surface area contributed by atoms with Crippen LogP contribution in [-0.2, 0) is 16.7 Å². The highest BCUT2D eigenvalue weighted by molar-refractivity contribution is 7.86. The van der Waals surface area contributed by atoms with Crippen molar-refractivity contribution < 1.29 is 22.5 Å². The minimum atomic E-state index is -3.67. The fourth-order valence-corrected chi connectivity index (χ4v) is 5.27. The maximum Gasteiger partial charge on any atom is 0.306 e. The lowest BCUT2D eigenvalue weighted by Gasteiger charge is -2.22. The van der Waals surface area contributed by atoms with Crippen molar-refractivity contribution in [1.82, 2.24) is 14.8 Å². The maximum atomic E-state index is 13.8. The summed E-state index contributed by atoms with van der Waals surface area (Å²) >= 11 is 0. The van der Waals surface area contributed by atoms with E-state index in [2.05, 4.69) is 14.8 Å². The second-order valence-corrected chi connectivity index (χ2v) is 11.4. The lowest BCUT2D eigenvalue weighted by atomic mass is 9.83. The summed E-state index contributed by atoms with van der Waals surface area (Å²) in [7, 11) is 0.332. The zero-order valence-corrected chi connectivity index (χ0v) is 23.5. The minimum Gasteiger partial charge on any atom is -0.508 e. The summed E-state index contributed by atoms with van der Waals surface area (Å²) in [6, 6.07) is 21.8. The molecule has 0 aliphatic carbocycles. The molecule has 4 aromatic rings. The Morgan fingerprint density at radius 1 is 1.00 bits per heavy atom. The van der Waals surface area contributed by atoms with Crippen LogP contribution in [0, 0.1) is 0 Å². The normalized spacial score (nSPS) is 12.5. The van der Waals surface area contributed by atoms with Gasteiger partial charge in [0.15, 0.2) is 0 Å². The average Bonchev–Trinajstić information content (AvgIpc) is 3.21. The van der Waals surface area contributed by atoms with Gasteiger partial charge in [0.2, 0.25) is 0 Å². The molecule has 39 heavy (non-hydrogen) atoms. The van der Waals surface area contributed by atoms with Gasteiger partial charge in [-0.1, -0.05) is 49.4 Å². The quantitative estimate of drug-likeness (QED) is 0.266. The Hall–Kier alpha value is -3.82. The van der Waals surface area contributed by atoms with Crippen molar-refractivity contribution in [3.05, 3.63) is 95.2 Å². The van der Waals surface area contributed by atoms with E-state index in [0.717, 1.165) is 46.8 Å². The summed E-state index contributed by atoms with van der Waals surface area (Å²) in [5, 5.41) is 14.0. The Balaban J connectivity index is 1.99. The van der Waals surface area contributed by atoms with Crippen LogP contribution in [0.1, 0.15) is 46.4 Å². The third-order valence-electron chi connectivity index (χ3n) is 6.51. The number of carbonyl (C=O) groups excluding carboxylic acids is 1. The van der Waals surface area contributed by atoms with E-state index in [4.69, 9.17) is 4.18 Å². The molecule has 1 heterocycles. The predicted molar refractivity (Wildman–Crippen MR) is 154 cm³/mol. The molecule has 9 heteroatoms. The number of fused-ring (bicyclic) bond motifs is 1. The number of benzene rings is 3. The number of rotatable bonds is 11. The molecule has 2 N–H and O–H groups in total. The molecule has 1 unspecified atom stereocenters. The summed E-state index contributed by atoms with van der Waals surface area (Å²) in [4.78, 5) is 15.9. The fourth-order valence-electron chi connectivity index (χ4n) is 4.80. The van der Waals surface area contributed by atoms with Crippen LogP contribution in [-0.4, -0.2) is 62.3 Å². The van der Waals surface area contributed by atoms with Crippen LogP contribution in [0.5, 0.6) is 11.5 Å². The van der Waals surface area contributed by atoms with Crippen molar-refractivity contribution in [2.24, 2.45) is 0 Å². The third kappa shape index (κ3) is 6.61. The number of amides is 1. The first-order valence-electron chi connectivity index (χ1n) is 12.9. The van der Waals surface area contributed by atoms with Crippen LogP contribution in [0.25, 0.3) is 10.9 Å². The number of aromatic nitrogens is 1. The molecule has 1 amide bonds. The van der Waals surface area contributed by atoms with E-state index in [9.17, 15) is 18.3 Å². The molecular weight excluding hydrogens is 514 g/mol. The van der Waals surface area contributed by atoms with E-state index in [1.54, 1.807) is 24.3 Å². The van der Waals surface area contributed by atoms with E-state index in [0.29, 0.717) is 18.8 Å². The third-order valence-corrected chi connectivity index (χ3v) is 7.00. The molecule has 3 aromatic carbocycles. The standard InChI is InChI=1S/C30H35N3O5S/c1-5-18-31-30(35)29-28(25-8-6-7-9-26(25)33(29)20-19-32(2)3)27(21-10-14-23(34)15-11-21)22-12-16-24(17-13-22)38-39(4,36)37/h6-17,27,34H,5,18-20H2,1-4H3,(H,31,35). The number of carbonyl (C=O) groups is 1. The van der Waals surface area contributed by atoms with E-state index < -0.39 is 10.1 Å². The van der Waals surface area contributed by atoms with E-state index in [1.807, 2.05) is 69.6 Å². The Labute approximate surface area is 230 Å². The molecule has 0 spiro atoms. The van der Waals surface area contributed by atoms with Gasteiger partial charge in [-0.25, -0.2) is 0 Å². The van der Waals surface area contributed by atoms with Gasteiger partial charge in [0.1, 0.15) is 17.2 Å². The Kier molecular flexibility index (Phi) is 8.62. The molecule has 1 aromatic heterocycles. The molecule has 206 valence electrons. The van der Waals surface area contributed by atoms with E-state index >= 15 is 0 Å². The van der Waals surface area contributed by atoms with E-state index in [-0.39, 0.29) is 23.3 Å². The zero-order chi connectivity index (χ0) is 28.2. The van der Waals surface area contributed by atoms with Gasteiger partial charge in [-0.3, -0.25) is 4.79 Å². The lowest BCUT2D eigenvalue weighted by molar-refractivity contribution is 0.0943. The number of likely N-dealkylation sites (N-methyl/N-ethyl adjacent to an activating group) is 1. The molecule has 0 bridgehead atoms. The smallest absolute Gasteiger partial charge is 0.306 e. The van der Waals surface area contributed by atoms with Crippen molar-refractivity contribution in [3.63, 3.8) is 0 Å². The van der Waals surface area contributed by atoms with Crippen molar-refractivity contribution in [2.75, 3.05) is 33.4 Å². The van der Waals surface area contributed by atoms with Crippen LogP contribution < -0.4 is 9.50 Å². The predicted octanol–water partition coefficient (Wildman–Crippen LogP) is 4.57. The molecular formula is C30H35N3O5S. The lowest BCUT2D eigenvalue weighted by Crippen LogP contribution is -2.29. The number of hydrogen-bond donors (Lipinski definition) is 2. The minimum absolute atomic E-state index is 0.142. The summed E-state index contributed by atoms with van der Waals surface area (Å²) in [5.41, 5.74) is 4.12. The van der Waals surface area contributed by atoms with Crippen LogP contribution in [0.4, 0.5) is 0 Å². The van der Waals surface area contributed by atoms with Crippen LogP contribution >= 0.6 is 0 Å². The van der Waals surface area contributed by atoms with Crippen molar-refractivity contribution in [2.45, 2.75) is 25.8 Å². The summed E-state index contributed by atoms with van der Waals surface area (Å²) < 4.78 is 30.5. The average molecular weight is 550 g/mol. The van der Waals surface area contributed by atoms with Gasteiger partial charge in [0.25, 0.3) is 5.91 Å². The van der Waals surface area contributed by atoms with Gasteiger partial charge in [0, 0.05) is 42.0 Å². The molecule has 8 nitrogen and oxygen atoms in total. The second kappa shape index (κ2) is 11.9. The Bertz CT molecular complexity index is 1540. The largest absolute Gasteiger partial charge is 0.508 e. The highest BCUT2D eigenvalue weighted by atomic mass is 32.2. The summed E-state index contributed by atoms with van der Waals surface area (Å²) in [6.07, 6.45) is 1.81. The molecule has 0 saturated carbocycles. The maximum absolute atomic E-state index is 13.8. The highest BCUT2D eigenvalue weighted by Gasteiger charge is 2.30. The number of phenols is 1. The van der Waals surface area contributed by atoms with Gasteiger partial charge in [0.05, 0.1) is 6.26 Å². The van der Waals surface area contributed by atoms with Crippen LogP contribution in [0.3, 0.4) is 0 Å². The first-order valence-corrected chi connectivity index (χ1v) is 14.7. The molecule has 4 rings (SSSR count). The van der Waals surface area contributed by atoms with Gasteiger partial charge in [-0.2, -0.15) is 8.42 Å². The monoisotopic (exact) mass is 549 g/mol. The SMILES string of the molecule is CCCNC(=O)c1c(C(c2ccc(O)cc2)c2ccc(OS(C)(=O)=O)cc2)c2ccccc2n1CCN(C)C. The first-order chi connectivity index (χ1) is 18.6. The first kappa shape index (κ1) is 28.2. The number of hydrogen-bond acceptors (Lipinski definition) is 6. The molecule has 0 fully saturated rings. The Morgan fingerprint density at radius 2 is 1.62 bits per heavy atom. The molecule has 0 radical (unpaired) electrons. The number of phenolic OH excluding ortho intramolecular Hbond substituents is 1. The summed E-state index contributed by atoms with van der Waals surface area (Å²) in [6.45, 7) is 3.93. The van der Waals surface area contributed by atoms with Gasteiger partial charge in [-0.05, 0) is 62.0 Å². The van der Waals surface area contributed by atoms with Gasteiger partial charge < -0.3 is 24.1 Å². The Morgan fingerprint density at radius 3 is 2.21 bits per heavy atom. The molecule has 1 atom stereocenters. The highest BCUT2D eigenvalue weighted by Crippen LogP contribution is 2.41. The van der Waals surface area contributed by atoms with Gasteiger partial charge >= 0.3 is 10.1 Å². The summed E-state index contributed by atoms with van der Waals surface area (Å²) in [5.74, 6) is -0.183. The van der Waals surface area contributed by atoms with Crippen molar-refractivity contribution in [1.29, 1.82) is 0 Å². The number of nitrogens with zero attached hydrogens (tertiary/aromatic N) is 2. The molecule has 0 aliphatic heterocycles. The number of para-hydroxylation sites is 1. The molecule has 0 saturated heterocycles. The topological polar surface area (TPSA) is 101 Å². The number of aromatic hydroxyl groups is 1. The van der Waals surface area contributed by atoms with E-state index in [1.165, 1.54) is 0 Å². The number of nitrogens with one attached hydrogen (secondary N) is 1. The van der Waals surface area contributed by atoms with Crippen molar-refractivity contribution in [3.8, 4) is 11.5 Å². The van der Waals surface area contributed by atoms with Gasteiger partial charge in [-0.15, -0.1) is 0 Å². The fraction of sp³-hybridized carbons (Fsp3) is 0.300. The second-order valence-electron chi connectivity index (χ2n) is 9.87. The zero-order valence-electron chi connectivity index (χ0n) is 22.7. The molecule has 0 aliphatic rings. The van der Waals surface area contributed by atoms with Crippen molar-refractivity contribution >= 4 is 26.9 Å². The van der Waals surface area contributed by atoms with Crippen LogP contribution in [0.15, 0.2) is 72.8 Å². The van der Waals surface area contributed by atoms with Crippen LogP contribution in [0.2, 0.25) is 0 Å².